The van der Waals surface area contributed by atoms with Gasteiger partial charge in [0.15, 0.2) is 0 Å². The standard InChI is InChI=1S/C16H22N2O3/c1-4-16(2,3)17-15(21)18-10-12(14(19)20)9-11-7-5-6-8-13(11)18/h5-8,12H,4,9-10H2,1-3H3,(H,17,21)(H,19,20). The first-order chi connectivity index (χ1) is 9.84. The zero-order valence-corrected chi connectivity index (χ0v) is 12.7. The number of aliphatic carboxylic acids is 1. The number of nitrogens with zero attached hydrogens (tertiary/aromatic N) is 1. The van der Waals surface area contributed by atoms with Gasteiger partial charge in [-0.1, -0.05) is 25.1 Å². The maximum Gasteiger partial charge on any atom is 0.322 e. The summed E-state index contributed by atoms with van der Waals surface area (Å²) in [5.74, 6) is -1.42. The largest absolute Gasteiger partial charge is 0.481 e. The third-order valence-corrected chi connectivity index (χ3v) is 4.08. The van der Waals surface area contributed by atoms with E-state index in [1.54, 1.807) is 4.90 Å². The summed E-state index contributed by atoms with van der Waals surface area (Å²) in [5.41, 5.74) is 1.39. The summed E-state index contributed by atoms with van der Waals surface area (Å²) in [6.45, 7) is 6.12. The molecule has 1 unspecified atom stereocenters. The van der Waals surface area contributed by atoms with Crippen LogP contribution in [0.15, 0.2) is 24.3 Å². The summed E-state index contributed by atoms with van der Waals surface area (Å²) in [5, 5.41) is 12.3. The fourth-order valence-corrected chi connectivity index (χ4v) is 2.40. The van der Waals surface area contributed by atoms with Gasteiger partial charge in [0, 0.05) is 17.8 Å². The van der Waals surface area contributed by atoms with Crippen LogP contribution in [0.25, 0.3) is 0 Å². The lowest BCUT2D eigenvalue weighted by molar-refractivity contribution is -0.141. The van der Waals surface area contributed by atoms with Crippen LogP contribution in [0.1, 0.15) is 32.8 Å². The molecule has 1 heterocycles. The number of carboxylic acid groups (broad SMARTS) is 1. The Morgan fingerprint density at radius 3 is 2.67 bits per heavy atom. The SMILES string of the molecule is CCC(C)(C)NC(=O)N1CC(C(=O)O)Cc2ccccc21. The molecule has 0 aromatic heterocycles. The molecule has 1 atom stereocenters. The predicted molar refractivity (Wildman–Crippen MR) is 81.5 cm³/mol. The predicted octanol–water partition coefficient (Wildman–Crippen LogP) is 2.65. The Morgan fingerprint density at radius 1 is 1.38 bits per heavy atom. The van der Waals surface area contributed by atoms with Crippen LogP contribution >= 0.6 is 0 Å². The highest BCUT2D eigenvalue weighted by Crippen LogP contribution is 2.30. The van der Waals surface area contributed by atoms with Crippen LogP contribution in [-0.2, 0) is 11.2 Å². The first kappa shape index (κ1) is 15.4. The summed E-state index contributed by atoms with van der Waals surface area (Å²) >= 11 is 0. The zero-order chi connectivity index (χ0) is 15.6. The molecule has 5 nitrogen and oxygen atoms in total. The van der Waals surface area contributed by atoms with Crippen LogP contribution in [0.4, 0.5) is 10.5 Å². The molecule has 21 heavy (non-hydrogen) atoms. The Morgan fingerprint density at radius 2 is 2.05 bits per heavy atom. The molecule has 2 rings (SSSR count). The van der Waals surface area contributed by atoms with Crippen molar-refractivity contribution in [3.8, 4) is 0 Å². The molecule has 1 aliphatic rings. The van der Waals surface area contributed by atoms with Crippen molar-refractivity contribution in [3.05, 3.63) is 29.8 Å². The van der Waals surface area contributed by atoms with Gasteiger partial charge in [0.1, 0.15) is 0 Å². The van der Waals surface area contributed by atoms with E-state index in [4.69, 9.17) is 0 Å². The minimum Gasteiger partial charge on any atom is -0.481 e. The Balaban J connectivity index is 2.29. The molecule has 114 valence electrons. The fourth-order valence-electron chi connectivity index (χ4n) is 2.40. The van der Waals surface area contributed by atoms with Crippen molar-refractivity contribution in [2.75, 3.05) is 11.4 Å². The van der Waals surface area contributed by atoms with Gasteiger partial charge in [-0.05, 0) is 38.3 Å². The van der Waals surface area contributed by atoms with E-state index in [9.17, 15) is 14.7 Å². The molecule has 2 amide bonds. The lowest BCUT2D eigenvalue weighted by Crippen LogP contribution is -2.53. The van der Waals surface area contributed by atoms with Gasteiger partial charge >= 0.3 is 12.0 Å². The highest BCUT2D eigenvalue weighted by Gasteiger charge is 2.33. The highest BCUT2D eigenvalue weighted by atomic mass is 16.4. The Bertz CT molecular complexity index is 554. The smallest absolute Gasteiger partial charge is 0.322 e. The van der Waals surface area contributed by atoms with Crippen LogP contribution in [0.5, 0.6) is 0 Å². The Hall–Kier alpha value is -2.04. The van der Waals surface area contributed by atoms with Crippen LogP contribution in [-0.4, -0.2) is 29.2 Å². The number of hydrogen-bond acceptors (Lipinski definition) is 2. The van der Waals surface area contributed by atoms with Gasteiger partial charge in [0.25, 0.3) is 0 Å². The summed E-state index contributed by atoms with van der Waals surface area (Å²) in [6, 6.07) is 7.25. The second kappa shape index (κ2) is 5.76. The summed E-state index contributed by atoms with van der Waals surface area (Å²) < 4.78 is 0. The highest BCUT2D eigenvalue weighted by molar-refractivity contribution is 5.95. The minimum absolute atomic E-state index is 0.206. The van der Waals surface area contributed by atoms with Crippen LogP contribution in [0.3, 0.4) is 0 Å². The average molecular weight is 290 g/mol. The first-order valence-electron chi connectivity index (χ1n) is 7.24. The Kier molecular flexibility index (Phi) is 4.21. The van der Waals surface area contributed by atoms with Gasteiger partial charge < -0.3 is 10.4 Å². The minimum atomic E-state index is -0.864. The van der Waals surface area contributed by atoms with Crippen LogP contribution in [0, 0.1) is 5.92 Å². The van der Waals surface area contributed by atoms with Crippen molar-refractivity contribution in [1.29, 1.82) is 0 Å². The first-order valence-corrected chi connectivity index (χ1v) is 7.24. The summed E-state index contributed by atoms with van der Waals surface area (Å²) in [6.07, 6.45) is 1.27. The van der Waals surface area contributed by atoms with Gasteiger partial charge in [0.2, 0.25) is 0 Å². The van der Waals surface area contributed by atoms with E-state index < -0.39 is 11.9 Å². The maximum atomic E-state index is 12.5. The molecule has 0 bridgehead atoms. The number of para-hydroxylation sites is 1. The number of carbonyl (C=O) groups excluding carboxylic acids is 1. The van der Waals surface area contributed by atoms with E-state index in [0.717, 1.165) is 17.7 Å². The van der Waals surface area contributed by atoms with Crippen molar-refractivity contribution in [2.45, 2.75) is 39.2 Å². The molecule has 0 saturated carbocycles. The van der Waals surface area contributed by atoms with Crippen molar-refractivity contribution >= 4 is 17.7 Å². The number of benzene rings is 1. The second-order valence-corrected chi connectivity index (χ2v) is 6.15. The molecule has 2 N–H and O–H groups in total. The third kappa shape index (κ3) is 3.35. The fraction of sp³-hybridized carbons (Fsp3) is 0.500. The van der Waals surface area contributed by atoms with E-state index in [2.05, 4.69) is 5.32 Å². The van der Waals surface area contributed by atoms with E-state index >= 15 is 0 Å². The molecule has 0 radical (unpaired) electrons. The van der Waals surface area contributed by atoms with Gasteiger partial charge in [-0.2, -0.15) is 0 Å². The third-order valence-electron chi connectivity index (χ3n) is 4.08. The lowest BCUT2D eigenvalue weighted by Gasteiger charge is -2.35. The molecule has 0 aliphatic carbocycles. The van der Waals surface area contributed by atoms with Crippen molar-refractivity contribution in [3.63, 3.8) is 0 Å². The van der Waals surface area contributed by atoms with Gasteiger partial charge in [-0.25, -0.2) is 4.79 Å². The van der Waals surface area contributed by atoms with Crippen molar-refractivity contribution in [2.24, 2.45) is 5.92 Å². The topological polar surface area (TPSA) is 69.6 Å². The molecule has 0 spiro atoms. The van der Waals surface area contributed by atoms with Crippen molar-refractivity contribution < 1.29 is 14.7 Å². The normalized spacial score (nSPS) is 18.0. The zero-order valence-electron chi connectivity index (χ0n) is 12.7. The van der Waals surface area contributed by atoms with E-state index in [0.29, 0.717) is 6.42 Å². The van der Waals surface area contributed by atoms with Gasteiger partial charge in [-0.15, -0.1) is 0 Å². The number of anilines is 1. The number of carbonyl (C=O) groups is 2. The Labute approximate surface area is 125 Å². The number of fused-ring (bicyclic) bond motifs is 1. The molecule has 0 saturated heterocycles. The molecular weight excluding hydrogens is 268 g/mol. The number of nitrogens with one attached hydrogen (secondary N) is 1. The number of urea groups is 1. The van der Waals surface area contributed by atoms with E-state index in [-0.39, 0.29) is 18.1 Å². The van der Waals surface area contributed by atoms with E-state index in [1.165, 1.54) is 0 Å². The number of rotatable bonds is 3. The number of hydrogen-bond donors (Lipinski definition) is 2. The van der Waals surface area contributed by atoms with Crippen LogP contribution < -0.4 is 10.2 Å². The van der Waals surface area contributed by atoms with Crippen molar-refractivity contribution in [1.82, 2.24) is 5.32 Å². The number of amides is 2. The second-order valence-electron chi connectivity index (χ2n) is 6.15. The van der Waals surface area contributed by atoms with E-state index in [1.807, 2.05) is 45.0 Å². The van der Waals surface area contributed by atoms with Gasteiger partial charge in [0.05, 0.1) is 5.92 Å². The average Bonchev–Trinajstić information content (AvgIpc) is 2.45. The number of carboxylic acids is 1. The molecule has 5 heteroatoms. The van der Waals surface area contributed by atoms with Crippen LogP contribution in [0.2, 0.25) is 0 Å². The maximum absolute atomic E-state index is 12.5. The molecule has 1 aromatic rings. The molecule has 0 fully saturated rings. The quantitative estimate of drug-likeness (QED) is 0.899. The summed E-state index contributed by atoms with van der Waals surface area (Å²) in [7, 11) is 0. The monoisotopic (exact) mass is 290 g/mol. The molecular formula is C16H22N2O3. The molecule has 1 aliphatic heterocycles. The molecule has 1 aromatic carbocycles. The summed E-state index contributed by atoms with van der Waals surface area (Å²) in [4.78, 5) is 25.4. The lowest BCUT2D eigenvalue weighted by atomic mass is 9.92. The van der Waals surface area contributed by atoms with Gasteiger partial charge in [-0.3, -0.25) is 9.69 Å².